The van der Waals surface area contributed by atoms with Crippen molar-refractivity contribution in [1.29, 1.82) is 0 Å². The first-order valence-corrected chi connectivity index (χ1v) is 9.21. The molecule has 1 N–H and O–H groups in total. The summed E-state index contributed by atoms with van der Waals surface area (Å²) in [7, 11) is -3.86. The van der Waals surface area contributed by atoms with Crippen LogP contribution in [0.2, 0.25) is 0 Å². The quantitative estimate of drug-likeness (QED) is 0.823. The van der Waals surface area contributed by atoms with Crippen LogP contribution in [0.25, 0.3) is 0 Å². The molecule has 0 aliphatic heterocycles. The molecule has 0 saturated carbocycles. The van der Waals surface area contributed by atoms with E-state index in [1.165, 1.54) is 6.92 Å². The first-order chi connectivity index (χ1) is 10.6. The summed E-state index contributed by atoms with van der Waals surface area (Å²) in [4.78, 5) is 12.3. The highest BCUT2D eigenvalue weighted by atomic mass is 32.2. The third-order valence-corrected chi connectivity index (χ3v) is 4.82. The molecule has 1 rings (SSSR count). The van der Waals surface area contributed by atoms with Crippen LogP contribution >= 0.6 is 0 Å². The molecule has 130 valence electrons. The SMILES string of the molecule is CCC(CC)NC(=O)[C@@H](C)N(c1ccc(F)c(F)c1)S(C)(=O)=O. The van der Waals surface area contributed by atoms with E-state index in [9.17, 15) is 22.0 Å². The van der Waals surface area contributed by atoms with E-state index in [2.05, 4.69) is 5.32 Å². The summed E-state index contributed by atoms with van der Waals surface area (Å²) in [5.74, 6) is -2.76. The smallest absolute Gasteiger partial charge is 0.243 e. The Morgan fingerprint density at radius 3 is 2.22 bits per heavy atom. The molecule has 1 aromatic rings. The Morgan fingerprint density at radius 2 is 1.78 bits per heavy atom. The van der Waals surface area contributed by atoms with Crippen LogP contribution in [0.15, 0.2) is 18.2 Å². The molecule has 0 aromatic heterocycles. The van der Waals surface area contributed by atoms with Gasteiger partial charge in [-0.1, -0.05) is 13.8 Å². The molecule has 1 amide bonds. The van der Waals surface area contributed by atoms with Crippen molar-refractivity contribution in [1.82, 2.24) is 5.32 Å². The van der Waals surface area contributed by atoms with E-state index in [-0.39, 0.29) is 11.7 Å². The lowest BCUT2D eigenvalue weighted by Crippen LogP contribution is -2.50. The molecule has 0 aliphatic carbocycles. The van der Waals surface area contributed by atoms with Crippen molar-refractivity contribution in [3.63, 3.8) is 0 Å². The van der Waals surface area contributed by atoms with Crippen LogP contribution in [0.3, 0.4) is 0 Å². The molecule has 0 radical (unpaired) electrons. The fourth-order valence-corrected chi connectivity index (χ4v) is 3.41. The van der Waals surface area contributed by atoms with E-state index in [0.717, 1.165) is 28.8 Å². The zero-order chi connectivity index (χ0) is 17.8. The van der Waals surface area contributed by atoms with E-state index in [4.69, 9.17) is 0 Å². The second-order valence-corrected chi connectivity index (χ2v) is 7.21. The molecule has 0 fully saturated rings. The lowest BCUT2D eigenvalue weighted by molar-refractivity contribution is -0.122. The molecular weight excluding hydrogens is 326 g/mol. The first-order valence-electron chi connectivity index (χ1n) is 7.36. The van der Waals surface area contributed by atoms with Gasteiger partial charge in [0.05, 0.1) is 11.9 Å². The first kappa shape index (κ1) is 19.3. The van der Waals surface area contributed by atoms with E-state index < -0.39 is 33.6 Å². The predicted octanol–water partition coefficient (Wildman–Crippen LogP) is 2.42. The fourth-order valence-electron chi connectivity index (χ4n) is 2.25. The van der Waals surface area contributed by atoms with Gasteiger partial charge in [-0.25, -0.2) is 17.2 Å². The minimum atomic E-state index is -3.86. The third kappa shape index (κ3) is 4.89. The number of hydrogen-bond donors (Lipinski definition) is 1. The van der Waals surface area contributed by atoms with Crippen molar-refractivity contribution < 1.29 is 22.0 Å². The Bertz CT molecular complexity index is 661. The second kappa shape index (κ2) is 7.72. The molecule has 5 nitrogen and oxygen atoms in total. The highest BCUT2D eigenvalue weighted by Crippen LogP contribution is 2.23. The molecule has 23 heavy (non-hydrogen) atoms. The van der Waals surface area contributed by atoms with Gasteiger partial charge in [0.25, 0.3) is 0 Å². The highest BCUT2D eigenvalue weighted by Gasteiger charge is 2.30. The van der Waals surface area contributed by atoms with E-state index in [1.54, 1.807) is 0 Å². The van der Waals surface area contributed by atoms with Gasteiger partial charge < -0.3 is 5.32 Å². The molecule has 0 heterocycles. The molecule has 0 unspecified atom stereocenters. The van der Waals surface area contributed by atoms with Crippen LogP contribution in [0.5, 0.6) is 0 Å². The molecule has 1 aromatic carbocycles. The van der Waals surface area contributed by atoms with Crippen LogP contribution in [0, 0.1) is 11.6 Å². The standard InChI is InChI=1S/C15H22F2N2O3S/c1-5-11(6-2)18-15(20)10(3)19(23(4,21)22)12-7-8-13(16)14(17)9-12/h7-11H,5-6H2,1-4H3,(H,18,20)/t10-/m1/s1. The lowest BCUT2D eigenvalue weighted by atomic mass is 10.1. The number of amides is 1. The molecular formula is C15H22F2N2O3S. The summed E-state index contributed by atoms with van der Waals surface area (Å²) in [6.45, 7) is 5.21. The molecule has 1 atom stereocenters. The largest absolute Gasteiger partial charge is 0.352 e. The van der Waals surface area contributed by atoms with Gasteiger partial charge in [0.15, 0.2) is 11.6 Å². The van der Waals surface area contributed by atoms with Gasteiger partial charge >= 0.3 is 0 Å². The maximum Gasteiger partial charge on any atom is 0.243 e. The van der Waals surface area contributed by atoms with Gasteiger partial charge in [0.2, 0.25) is 15.9 Å². The fraction of sp³-hybridized carbons (Fsp3) is 0.533. The van der Waals surface area contributed by atoms with Gasteiger partial charge in [-0.05, 0) is 31.9 Å². The maximum atomic E-state index is 13.4. The summed E-state index contributed by atoms with van der Waals surface area (Å²) in [6, 6.07) is 1.55. The molecule has 0 spiro atoms. The van der Waals surface area contributed by atoms with Gasteiger partial charge in [0.1, 0.15) is 6.04 Å². The third-order valence-electron chi connectivity index (χ3n) is 3.58. The number of nitrogens with one attached hydrogen (secondary N) is 1. The van der Waals surface area contributed by atoms with Crippen molar-refractivity contribution >= 4 is 21.6 Å². The number of anilines is 1. The maximum absolute atomic E-state index is 13.4. The zero-order valence-corrected chi connectivity index (χ0v) is 14.5. The summed E-state index contributed by atoms with van der Waals surface area (Å²) in [6.07, 6.45) is 2.33. The van der Waals surface area contributed by atoms with E-state index in [1.807, 2.05) is 13.8 Å². The molecule has 0 bridgehead atoms. The average Bonchev–Trinajstić information content (AvgIpc) is 2.46. The van der Waals surface area contributed by atoms with Crippen molar-refractivity contribution in [2.75, 3.05) is 10.6 Å². The van der Waals surface area contributed by atoms with Crippen LogP contribution in [0.4, 0.5) is 14.5 Å². The minimum absolute atomic E-state index is 0.0729. The predicted molar refractivity (Wildman–Crippen MR) is 85.7 cm³/mol. The molecule has 8 heteroatoms. The number of rotatable bonds is 7. The van der Waals surface area contributed by atoms with Crippen LogP contribution in [-0.4, -0.2) is 32.7 Å². The van der Waals surface area contributed by atoms with Gasteiger partial charge in [-0.2, -0.15) is 0 Å². The van der Waals surface area contributed by atoms with E-state index in [0.29, 0.717) is 12.8 Å². The Morgan fingerprint density at radius 1 is 1.22 bits per heavy atom. The Balaban J connectivity index is 3.16. The topological polar surface area (TPSA) is 66.5 Å². The number of carbonyl (C=O) groups is 1. The lowest BCUT2D eigenvalue weighted by Gasteiger charge is -2.29. The van der Waals surface area contributed by atoms with E-state index >= 15 is 0 Å². The highest BCUT2D eigenvalue weighted by molar-refractivity contribution is 7.92. The van der Waals surface area contributed by atoms with Gasteiger partial charge in [-0.3, -0.25) is 9.10 Å². The minimum Gasteiger partial charge on any atom is -0.352 e. The Kier molecular flexibility index (Phi) is 6.49. The van der Waals surface area contributed by atoms with Gasteiger partial charge in [0, 0.05) is 12.1 Å². The summed E-state index contributed by atoms with van der Waals surface area (Å²) in [5, 5.41) is 2.75. The normalized spacial score (nSPS) is 13.0. The monoisotopic (exact) mass is 348 g/mol. The number of carbonyl (C=O) groups excluding carboxylic acids is 1. The number of benzene rings is 1. The molecule has 0 aliphatic rings. The second-order valence-electron chi connectivity index (χ2n) is 5.36. The Labute approximate surface area is 135 Å². The Hall–Kier alpha value is -1.70. The number of sulfonamides is 1. The van der Waals surface area contributed by atoms with Crippen molar-refractivity contribution in [2.24, 2.45) is 0 Å². The molecule has 0 saturated heterocycles. The van der Waals surface area contributed by atoms with Crippen molar-refractivity contribution in [3.05, 3.63) is 29.8 Å². The average molecular weight is 348 g/mol. The van der Waals surface area contributed by atoms with Crippen molar-refractivity contribution in [3.8, 4) is 0 Å². The summed E-state index contributed by atoms with van der Waals surface area (Å²) >= 11 is 0. The van der Waals surface area contributed by atoms with Crippen LogP contribution in [-0.2, 0) is 14.8 Å². The number of nitrogens with zero attached hydrogens (tertiary/aromatic N) is 1. The number of halogens is 2. The number of hydrogen-bond acceptors (Lipinski definition) is 3. The van der Waals surface area contributed by atoms with Crippen LogP contribution in [0.1, 0.15) is 33.6 Å². The zero-order valence-electron chi connectivity index (χ0n) is 13.6. The van der Waals surface area contributed by atoms with Crippen molar-refractivity contribution in [2.45, 2.75) is 45.7 Å². The summed E-state index contributed by atoms with van der Waals surface area (Å²) in [5.41, 5.74) is -0.0985. The van der Waals surface area contributed by atoms with Gasteiger partial charge in [-0.15, -0.1) is 0 Å². The summed E-state index contributed by atoms with van der Waals surface area (Å²) < 4.78 is 51.3. The van der Waals surface area contributed by atoms with Crippen LogP contribution < -0.4 is 9.62 Å².